The number of amides is 2. The summed E-state index contributed by atoms with van der Waals surface area (Å²) in [5.41, 5.74) is 4.75. The van der Waals surface area contributed by atoms with Crippen molar-refractivity contribution < 1.29 is 14.0 Å². The Morgan fingerprint density at radius 3 is 2.59 bits per heavy atom. The highest BCUT2D eigenvalue weighted by atomic mass is 35.5. The maximum absolute atomic E-state index is 12.8. The minimum atomic E-state index is -0.375. The SMILES string of the molecule is CCN(CC)C(=O)CNC(=O)c1oc2c(c1C)-c1nn(Cc3ccc(Cl)cc3)cc1CC2. The molecule has 2 aromatic heterocycles. The van der Waals surface area contributed by atoms with Crippen molar-refractivity contribution in [3.8, 4) is 11.3 Å². The zero-order valence-electron chi connectivity index (χ0n) is 18.6. The number of aromatic nitrogens is 2. The molecular weight excluding hydrogens is 428 g/mol. The summed E-state index contributed by atoms with van der Waals surface area (Å²) in [7, 11) is 0. The number of rotatable bonds is 7. The van der Waals surface area contributed by atoms with Crippen LogP contribution < -0.4 is 5.32 Å². The van der Waals surface area contributed by atoms with Gasteiger partial charge in [0.15, 0.2) is 5.76 Å². The number of hydrogen-bond donors (Lipinski definition) is 1. The van der Waals surface area contributed by atoms with E-state index >= 15 is 0 Å². The molecule has 1 aromatic carbocycles. The third-order valence-corrected chi connectivity index (χ3v) is 6.15. The van der Waals surface area contributed by atoms with Gasteiger partial charge >= 0.3 is 0 Å². The van der Waals surface area contributed by atoms with Crippen LogP contribution in [0, 0.1) is 6.92 Å². The fourth-order valence-electron chi connectivity index (χ4n) is 4.16. The number of carbonyl (C=O) groups excluding carboxylic acids is 2. The molecule has 3 aromatic rings. The molecule has 1 N–H and O–H groups in total. The molecule has 0 unspecified atom stereocenters. The number of nitrogens with one attached hydrogen (secondary N) is 1. The molecule has 1 aliphatic carbocycles. The summed E-state index contributed by atoms with van der Waals surface area (Å²) in [4.78, 5) is 26.7. The Balaban J connectivity index is 1.54. The maximum atomic E-state index is 12.8. The van der Waals surface area contributed by atoms with E-state index < -0.39 is 0 Å². The van der Waals surface area contributed by atoms with Crippen molar-refractivity contribution in [1.29, 1.82) is 0 Å². The van der Waals surface area contributed by atoms with E-state index in [1.807, 2.05) is 49.7 Å². The summed E-state index contributed by atoms with van der Waals surface area (Å²) in [5.74, 6) is 0.537. The minimum absolute atomic E-state index is 0.0493. The number of nitrogens with zero attached hydrogens (tertiary/aromatic N) is 3. The van der Waals surface area contributed by atoms with Crippen LogP contribution in [0.15, 0.2) is 34.9 Å². The predicted molar refractivity (Wildman–Crippen MR) is 123 cm³/mol. The average molecular weight is 455 g/mol. The number of likely N-dealkylation sites (N-methyl/N-ethyl adjacent to an activating group) is 1. The molecule has 0 saturated heterocycles. The van der Waals surface area contributed by atoms with Gasteiger partial charge in [-0.15, -0.1) is 0 Å². The van der Waals surface area contributed by atoms with Crippen LogP contribution in [0.1, 0.15) is 46.9 Å². The van der Waals surface area contributed by atoms with Crippen LogP contribution in [0.3, 0.4) is 0 Å². The van der Waals surface area contributed by atoms with Crippen LogP contribution in [-0.4, -0.2) is 46.1 Å². The van der Waals surface area contributed by atoms with Crippen molar-refractivity contribution in [2.75, 3.05) is 19.6 Å². The molecule has 168 valence electrons. The van der Waals surface area contributed by atoms with Crippen LogP contribution in [0.5, 0.6) is 0 Å². The maximum Gasteiger partial charge on any atom is 0.287 e. The van der Waals surface area contributed by atoms with Crippen molar-refractivity contribution >= 4 is 23.4 Å². The molecular formula is C24H27ClN4O3. The summed E-state index contributed by atoms with van der Waals surface area (Å²) in [5, 5.41) is 8.20. The number of carbonyl (C=O) groups is 2. The first-order valence-electron chi connectivity index (χ1n) is 10.9. The van der Waals surface area contributed by atoms with E-state index in [1.54, 1.807) is 4.90 Å². The third-order valence-electron chi connectivity index (χ3n) is 5.90. The Labute approximate surface area is 192 Å². The number of aryl methyl sites for hydroxylation is 2. The van der Waals surface area contributed by atoms with Crippen LogP contribution in [-0.2, 0) is 24.2 Å². The first kappa shape index (κ1) is 22.1. The quantitative estimate of drug-likeness (QED) is 0.588. The molecule has 0 fully saturated rings. The second-order valence-corrected chi connectivity index (χ2v) is 8.37. The zero-order chi connectivity index (χ0) is 22.8. The van der Waals surface area contributed by atoms with Gasteiger partial charge in [0.05, 0.1) is 18.8 Å². The number of fused-ring (bicyclic) bond motifs is 3. The second-order valence-electron chi connectivity index (χ2n) is 7.93. The van der Waals surface area contributed by atoms with Gasteiger partial charge in [-0.2, -0.15) is 5.10 Å². The lowest BCUT2D eigenvalue weighted by Crippen LogP contribution is -2.40. The first-order valence-corrected chi connectivity index (χ1v) is 11.3. The molecule has 0 saturated carbocycles. The Morgan fingerprint density at radius 2 is 1.91 bits per heavy atom. The van der Waals surface area contributed by atoms with Crippen LogP contribution in [0.25, 0.3) is 11.3 Å². The Kier molecular flexibility index (Phi) is 6.37. The van der Waals surface area contributed by atoms with Gasteiger partial charge in [-0.05, 0) is 50.5 Å². The van der Waals surface area contributed by atoms with Crippen LogP contribution in [0.2, 0.25) is 5.02 Å². The first-order chi connectivity index (χ1) is 15.4. The lowest BCUT2D eigenvalue weighted by Gasteiger charge is -2.18. The summed E-state index contributed by atoms with van der Waals surface area (Å²) in [6.07, 6.45) is 3.57. The molecule has 2 amide bonds. The lowest BCUT2D eigenvalue weighted by atomic mass is 9.93. The van der Waals surface area contributed by atoms with Gasteiger partial charge < -0.3 is 14.6 Å². The second kappa shape index (κ2) is 9.20. The lowest BCUT2D eigenvalue weighted by molar-refractivity contribution is -0.129. The Bertz CT molecular complexity index is 1140. The molecule has 2 heterocycles. The molecule has 0 aliphatic heterocycles. The highest BCUT2D eigenvalue weighted by Gasteiger charge is 2.30. The highest BCUT2D eigenvalue weighted by Crippen LogP contribution is 2.38. The summed E-state index contributed by atoms with van der Waals surface area (Å²) >= 11 is 5.98. The van der Waals surface area contributed by atoms with Gasteiger partial charge in [-0.1, -0.05) is 23.7 Å². The summed E-state index contributed by atoms with van der Waals surface area (Å²) in [6, 6.07) is 7.71. The van der Waals surface area contributed by atoms with Crippen molar-refractivity contribution in [1.82, 2.24) is 20.0 Å². The molecule has 0 atom stereocenters. The van der Waals surface area contributed by atoms with Crippen molar-refractivity contribution in [3.63, 3.8) is 0 Å². The molecule has 8 heteroatoms. The topological polar surface area (TPSA) is 80.4 Å². The van der Waals surface area contributed by atoms with Gasteiger partial charge in [0.25, 0.3) is 5.91 Å². The molecule has 0 radical (unpaired) electrons. The van der Waals surface area contributed by atoms with E-state index in [4.69, 9.17) is 21.1 Å². The molecule has 32 heavy (non-hydrogen) atoms. The van der Waals surface area contributed by atoms with Gasteiger partial charge in [0.1, 0.15) is 5.76 Å². The highest BCUT2D eigenvalue weighted by molar-refractivity contribution is 6.30. The minimum Gasteiger partial charge on any atom is -0.455 e. The van der Waals surface area contributed by atoms with E-state index in [0.717, 1.165) is 40.1 Å². The molecule has 0 spiro atoms. The number of benzene rings is 1. The smallest absolute Gasteiger partial charge is 0.287 e. The summed E-state index contributed by atoms with van der Waals surface area (Å²) < 4.78 is 7.86. The number of hydrogen-bond acceptors (Lipinski definition) is 4. The van der Waals surface area contributed by atoms with E-state index in [2.05, 4.69) is 11.5 Å². The largest absolute Gasteiger partial charge is 0.455 e. The number of furan rings is 1. The van der Waals surface area contributed by atoms with E-state index in [9.17, 15) is 9.59 Å². The van der Waals surface area contributed by atoms with E-state index in [1.165, 1.54) is 0 Å². The predicted octanol–water partition coefficient (Wildman–Crippen LogP) is 3.85. The monoisotopic (exact) mass is 454 g/mol. The van der Waals surface area contributed by atoms with Gasteiger partial charge in [0.2, 0.25) is 5.91 Å². The van der Waals surface area contributed by atoms with Crippen molar-refractivity contribution in [3.05, 3.63) is 63.7 Å². The normalized spacial score (nSPS) is 12.2. The van der Waals surface area contributed by atoms with E-state index in [0.29, 0.717) is 31.1 Å². The third kappa shape index (κ3) is 4.30. The van der Waals surface area contributed by atoms with Crippen molar-refractivity contribution in [2.24, 2.45) is 0 Å². The fraction of sp³-hybridized carbons (Fsp3) is 0.375. The van der Waals surface area contributed by atoms with E-state index in [-0.39, 0.29) is 24.1 Å². The fourth-order valence-corrected chi connectivity index (χ4v) is 4.29. The zero-order valence-corrected chi connectivity index (χ0v) is 19.3. The van der Waals surface area contributed by atoms with Crippen molar-refractivity contribution in [2.45, 2.75) is 40.2 Å². The molecule has 1 aliphatic rings. The van der Waals surface area contributed by atoms with Gasteiger partial charge in [-0.25, -0.2) is 0 Å². The Morgan fingerprint density at radius 1 is 1.19 bits per heavy atom. The Hall–Kier alpha value is -3.06. The van der Waals surface area contributed by atoms with Crippen LogP contribution >= 0.6 is 11.6 Å². The van der Waals surface area contributed by atoms with Gasteiger partial charge in [0, 0.05) is 41.9 Å². The standard InChI is InChI=1S/C24H27ClN4O3/c1-4-28(5-2)20(30)12-26-24(31)23-15(3)21-19(32-23)11-8-17-14-29(27-22(17)21)13-16-6-9-18(25)10-7-16/h6-7,9-10,14H,4-5,8,11-13H2,1-3H3,(H,26,31). The molecule has 0 bridgehead atoms. The molecule has 7 nitrogen and oxygen atoms in total. The van der Waals surface area contributed by atoms with Gasteiger partial charge in [-0.3, -0.25) is 14.3 Å². The molecule has 4 rings (SSSR count). The summed E-state index contributed by atoms with van der Waals surface area (Å²) in [6.45, 7) is 7.51. The average Bonchev–Trinajstić information content (AvgIpc) is 3.34. The number of halogens is 1. The van der Waals surface area contributed by atoms with Crippen LogP contribution in [0.4, 0.5) is 0 Å².